The number of carbonyl (C=O) groups is 1. The van der Waals surface area contributed by atoms with Crippen LogP contribution in [0.3, 0.4) is 0 Å². The molecule has 1 aromatic carbocycles. The fourth-order valence-corrected chi connectivity index (χ4v) is 2.36. The molecule has 1 saturated heterocycles. The highest BCUT2D eigenvalue weighted by Gasteiger charge is 2.21. The van der Waals surface area contributed by atoms with E-state index in [4.69, 9.17) is 10.5 Å². The first-order chi connectivity index (χ1) is 9.74. The minimum absolute atomic E-state index is 0.0174. The smallest absolute Gasteiger partial charge is 0.227 e. The van der Waals surface area contributed by atoms with E-state index in [1.807, 2.05) is 18.2 Å². The van der Waals surface area contributed by atoms with E-state index >= 15 is 0 Å². The lowest BCUT2D eigenvalue weighted by atomic mass is 9.99. The van der Waals surface area contributed by atoms with Gasteiger partial charge in [-0.2, -0.15) is 0 Å². The minimum Gasteiger partial charge on any atom is -0.383 e. The summed E-state index contributed by atoms with van der Waals surface area (Å²) in [6, 6.07) is 5.46. The molecule has 6 nitrogen and oxygen atoms in total. The Labute approximate surface area is 116 Å². The van der Waals surface area contributed by atoms with Gasteiger partial charge in [0.1, 0.15) is 12.1 Å². The molecular formula is C14H16N4O2. The lowest BCUT2D eigenvalue weighted by Crippen LogP contribution is -2.28. The molecule has 1 aliphatic rings. The number of aromatic nitrogens is 2. The van der Waals surface area contributed by atoms with Crippen LogP contribution in [-0.2, 0) is 9.53 Å². The first kappa shape index (κ1) is 12.8. The maximum Gasteiger partial charge on any atom is 0.227 e. The first-order valence-electron chi connectivity index (χ1n) is 6.63. The van der Waals surface area contributed by atoms with Crippen molar-refractivity contribution in [2.75, 3.05) is 24.3 Å². The Balaban J connectivity index is 1.80. The lowest BCUT2D eigenvalue weighted by molar-refractivity contribution is -0.122. The molecule has 1 amide bonds. The van der Waals surface area contributed by atoms with Crippen LogP contribution in [-0.4, -0.2) is 29.1 Å². The summed E-state index contributed by atoms with van der Waals surface area (Å²) in [4.78, 5) is 20.2. The second-order valence-electron chi connectivity index (χ2n) is 4.87. The Kier molecular flexibility index (Phi) is 3.47. The summed E-state index contributed by atoms with van der Waals surface area (Å²) in [5.74, 6) is 0.462. The predicted molar refractivity (Wildman–Crippen MR) is 76.1 cm³/mol. The first-order valence-corrected chi connectivity index (χ1v) is 6.63. The van der Waals surface area contributed by atoms with E-state index in [2.05, 4.69) is 15.3 Å². The Bertz CT molecular complexity index is 638. The van der Waals surface area contributed by atoms with Gasteiger partial charge in [-0.05, 0) is 31.0 Å². The van der Waals surface area contributed by atoms with Crippen LogP contribution in [0.15, 0.2) is 24.5 Å². The topological polar surface area (TPSA) is 90.1 Å². The number of hydrogen-bond donors (Lipinski definition) is 2. The molecule has 3 N–H and O–H groups in total. The fraction of sp³-hybridized carbons (Fsp3) is 0.357. The zero-order chi connectivity index (χ0) is 13.9. The van der Waals surface area contributed by atoms with Crippen LogP contribution in [0.25, 0.3) is 10.9 Å². The summed E-state index contributed by atoms with van der Waals surface area (Å²) >= 11 is 0. The Morgan fingerprint density at radius 3 is 2.90 bits per heavy atom. The number of anilines is 2. The highest BCUT2D eigenvalue weighted by Crippen LogP contribution is 2.22. The van der Waals surface area contributed by atoms with Crippen molar-refractivity contribution < 1.29 is 9.53 Å². The standard InChI is InChI=1S/C14H16N4O2/c15-13-11-7-10(1-2-12(11)16-8-17-13)18-14(19)9-3-5-20-6-4-9/h1-2,7-9H,3-6H2,(H,18,19)(H2,15,16,17). The highest BCUT2D eigenvalue weighted by atomic mass is 16.5. The number of amides is 1. The molecule has 1 aromatic heterocycles. The molecule has 1 fully saturated rings. The number of nitrogens with one attached hydrogen (secondary N) is 1. The van der Waals surface area contributed by atoms with Crippen LogP contribution < -0.4 is 11.1 Å². The summed E-state index contributed by atoms with van der Waals surface area (Å²) in [6.45, 7) is 1.30. The molecule has 3 rings (SSSR count). The van der Waals surface area contributed by atoms with Gasteiger partial charge in [-0.1, -0.05) is 0 Å². The number of fused-ring (bicyclic) bond motifs is 1. The number of carbonyl (C=O) groups excluding carboxylic acids is 1. The maximum atomic E-state index is 12.2. The van der Waals surface area contributed by atoms with E-state index in [1.165, 1.54) is 6.33 Å². The molecule has 20 heavy (non-hydrogen) atoms. The molecule has 0 spiro atoms. The van der Waals surface area contributed by atoms with Crippen LogP contribution >= 0.6 is 0 Å². The number of nitrogen functional groups attached to an aromatic ring is 1. The molecular weight excluding hydrogens is 256 g/mol. The van der Waals surface area contributed by atoms with E-state index < -0.39 is 0 Å². The van der Waals surface area contributed by atoms with Crippen molar-refractivity contribution in [1.29, 1.82) is 0 Å². The average molecular weight is 272 g/mol. The molecule has 6 heteroatoms. The van der Waals surface area contributed by atoms with Gasteiger partial charge in [-0.15, -0.1) is 0 Å². The largest absolute Gasteiger partial charge is 0.383 e. The molecule has 0 saturated carbocycles. The van der Waals surface area contributed by atoms with Crippen LogP contribution in [0.4, 0.5) is 11.5 Å². The molecule has 2 aromatic rings. The van der Waals surface area contributed by atoms with Crippen molar-refractivity contribution in [2.45, 2.75) is 12.8 Å². The Morgan fingerprint density at radius 1 is 1.30 bits per heavy atom. The third-order valence-electron chi connectivity index (χ3n) is 3.53. The van der Waals surface area contributed by atoms with E-state index in [0.717, 1.165) is 29.4 Å². The molecule has 2 heterocycles. The SMILES string of the molecule is Nc1ncnc2ccc(NC(=O)C3CCOCC3)cc12. The van der Waals surface area contributed by atoms with Crippen molar-refractivity contribution in [3.8, 4) is 0 Å². The van der Waals surface area contributed by atoms with Gasteiger partial charge < -0.3 is 15.8 Å². The van der Waals surface area contributed by atoms with Gasteiger partial charge in [0.05, 0.1) is 5.52 Å². The molecule has 104 valence electrons. The number of hydrogen-bond acceptors (Lipinski definition) is 5. The molecule has 0 atom stereocenters. The minimum atomic E-state index is 0.0174. The van der Waals surface area contributed by atoms with Crippen molar-refractivity contribution in [3.05, 3.63) is 24.5 Å². The molecule has 0 unspecified atom stereocenters. The monoisotopic (exact) mass is 272 g/mol. The van der Waals surface area contributed by atoms with Crippen LogP contribution in [0.5, 0.6) is 0 Å². The van der Waals surface area contributed by atoms with E-state index in [-0.39, 0.29) is 11.8 Å². The van der Waals surface area contributed by atoms with Gasteiger partial charge in [0.25, 0.3) is 0 Å². The van der Waals surface area contributed by atoms with Crippen LogP contribution in [0.1, 0.15) is 12.8 Å². The second kappa shape index (κ2) is 5.42. The van der Waals surface area contributed by atoms with Gasteiger partial charge in [0, 0.05) is 30.2 Å². The van der Waals surface area contributed by atoms with E-state index in [9.17, 15) is 4.79 Å². The average Bonchev–Trinajstić information content (AvgIpc) is 2.49. The lowest BCUT2D eigenvalue weighted by Gasteiger charge is -2.21. The summed E-state index contributed by atoms with van der Waals surface area (Å²) in [5.41, 5.74) is 7.30. The highest BCUT2D eigenvalue weighted by molar-refractivity contribution is 5.97. The van der Waals surface area contributed by atoms with Gasteiger partial charge in [-0.3, -0.25) is 4.79 Å². The van der Waals surface area contributed by atoms with Gasteiger partial charge in [0.2, 0.25) is 5.91 Å². The quantitative estimate of drug-likeness (QED) is 0.866. The summed E-state index contributed by atoms with van der Waals surface area (Å²) < 4.78 is 5.26. The Hall–Kier alpha value is -2.21. The number of ether oxygens (including phenoxy) is 1. The van der Waals surface area contributed by atoms with Crippen LogP contribution in [0.2, 0.25) is 0 Å². The zero-order valence-corrected chi connectivity index (χ0v) is 11.0. The number of nitrogens with two attached hydrogens (primary N) is 1. The molecule has 0 bridgehead atoms. The number of nitrogens with zero attached hydrogens (tertiary/aromatic N) is 2. The summed E-state index contributed by atoms with van der Waals surface area (Å²) in [6.07, 6.45) is 2.97. The maximum absolute atomic E-state index is 12.2. The molecule has 0 radical (unpaired) electrons. The Morgan fingerprint density at radius 2 is 2.10 bits per heavy atom. The van der Waals surface area contributed by atoms with Gasteiger partial charge in [0.15, 0.2) is 0 Å². The fourth-order valence-electron chi connectivity index (χ4n) is 2.36. The third kappa shape index (κ3) is 2.55. The third-order valence-corrected chi connectivity index (χ3v) is 3.53. The van der Waals surface area contributed by atoms with Crippen molar-refractivity contribution in [2.24, 2.45) is 5.92 Å². The van der Waals surface area contributed by atoms with Gasteiger partial charge >= 0.3 is 0 Å². The molecule has 0 aliphatic carbocycles. The van der Waals surface area contributed by atoms with Crippen LogP contribution in [0, 0.1) is 5.92 Å². The van der Waals surface area contributed by atoms with E-state index in [1.54, 1.807) is 0 Å². The van der Waals surface area contributed by atoms with Gasteiger partial charge in [-0.25, -0.2) is 9.97 Å². The summed E-state index contributed by atoms with van der Waals surface area (Å²) in [5, 5.41) is 3.67. The number of benzene rings is 1. The second-order valence-corrected chi connectivity index (χ2v) is 4.87. The zero-order valence-electron chi connectivity index (χ0n) is 11.0. The molecule has 1 aliphatic heterocycles. The van der Waals surface area contributed by atoms with Crippen molar-refractivity contribution in [1.82, 2.24) is 9.97 Å². The summed E-state index contributed by atoms with van der Waals surface area (Å²) in [7, 11) is 0. The van der Waals surface area contributed by atoms with E-state index in [0.29, 0.717) is 19.0 Å². The van der Waals surface area contributed by atoms with Crippen molar-refractivity contribution in [3.63, 3.8) is 0 Å². The van der Waals surface area contributed by atoms with Crippen molar-refractivity contribution >= 4 is 28.3 Å². The predicted octanol–water partition coefficient (Wildman–Crippen LogP) is 1.58. The normalized spacial score (nSPS) is 16.2. The number of rotatable bonds is 2.